The first-order chi connectivity index (χ1) is 16.3. The second kappa shape index (κ2) is 7.62. The van der Waals surface area contributed by atoms with Crippen LogP contribution in [0, 0.1) is 40.4 Å². The minimum atomic E-state index is -0.881. The molecule has 1 spiro atoms. The predicted molar refractivity (Wildman–Crippen MR) is 122 cm³/mol. The lowest BCUT2D eigenvalue weighted by atomic mass is 9.43. The van der Waals surface area contributed by atoms with Gasteiger partial charge in [-0.3, -0.25) is 9.69 Å². The van der Waals surface area contributed by atoms with Gasteiger partial charge in [0.15, 0.2) is 0 Å². The van der Waals surface area contributed by atoms with Gasteiger partial charge in [-0.05, 0) is 31.7 Å². The van der Waals surface area contributed by atoms with Crippen molar-refractivity contribution in [3.8, 4) is 0 Å². The molecule has 5 saturated carbocycles. The van der Waals surface area contributed by atoms with Crippen LogP contribution in [0.4, 0.5) is 0 Å². The van der Waals surface area contributed by atoms with E-state index in [2.05, 4.69) is 11.8 Å². The highest BCUT2D eigenvalue weighted by molar-refractivity contribution is 5.67. The SMILES string of the molecule is CCN1C[C@]2(COC)CC[C@H](O)[C@@]34[C@@H]5C[C@H]6[C@H](O)[C@@H]5[C@](OC(C)=O)(C[C@@H]6OC)[C@@H]([C@H](OC)[C@H]23)[C@@H]14. The third-order valence-corrected chi connectivity index (χ3v) is 11.4. The number of methoxy groups -OCH3 is 3. The van der Waals surface area contributed by atoms with E-state index in [-0.39, 0.29) is 59.2 Å². The number of aliphatic hydroxyl groups excluding tert-OH is 2. The maximum absolute atomic E-state index is 12.7. The molecule has 0 radical (unpaired) electrons. The van der Waals surface area contributed by atoms with Crippen LogP contribution in [-0.2, 0) is 23.7 Å². The minimum Gasteiger partial charge on any atom is -0.458 e. The maximum atomic E-state index is 12.7. The van der Waals surface area contributed by atoms with Crippen LogP contribution in [0.3, 0.4) is 0 Å². The van der Waals surface area contributed by atoms with Crippen LogP contribution >= 0.6 is 0 Å². The Bertz CT molecular complexity index is 855. The second-order valence-electron chi connectivity index (χ2n) is 12.1. The third kappa shape index (κ3) is 2.44. The highest BCUT2D eigenvalue weighted by Gasteiger charge is 2.87. The summed E-state index contributed by atoms with van der Waals surface area (Å²) >= 11 is 0. The number of fused-ring (bicyclic) bond motifs is 2. The molecule has 192 valence electrons. The Balaban J connectivity index is 1.65. The number of hydrogen-bond donors (Lipinski definition) is 2. The van der Waals surface area contributed by atoms with Gasteiger partial charge in [0.25, 0.3) is 0 Å². The van der Waals surface area contributed by atoms with Crippen molar-refractivity contribution in [2.75, 3.05) is 41.0 Å². The molecular formula is C26H41NO7. The molecule has 0 unspecified atom stereocenters. The van der Waals surface area contributed by atoms with E-state index in [0.29, 0.717) is 13.0 Å². The van der Waals surface area contributed by atoms with Gasteiger partial charge in [0.1, 0.15) is 5.60 Å². The third-order valence-electron chi connectivity index (χ3n) is 11.4. The van der Waals surface area contributed by atoms with Crippen LogP contribution < -0.4 is 0 Å². The van der Waals surface area contributed by atoms with E-state index in [1.54, 1.807) is 21.3 Å². The van der Waals surface area contributed by atoms with Crippen molar-refractivity contribution < 1.29 is 34.0 Å². The molecule has 2 N–H and O–H groups in total. The van der Waals surface area contributed by atoms with E-state index in [0.717, 1.165) is 32.4 Å². The van der Waals surface area contributed by atoms with E-state index in [1.807, 2.05) is 0 Å². The zero-order valence-electron chi connectivity index (χ0n) is 21.1. The molecule has 1 heterocycles. The summed E-state index contributed by atoms with van der Waals surface area (Å²) in [7, 11) is 5.23. The highest BCUT2D eigenvalue weighted by atomic mass is 16.6. The van der Waals surface area contributed by atoms with Gasteiger partial charge in [-0.1, -0.05) is 6.92 Å². The fourth-order valence-corrected chi connectivity index (χ4v) is 11.1. The first kappa shape index (κ1) is 23.6. The Morgan fingerprint density at radius 1 is 1.15 bits per heavy atom. The molecule has 1 aliphatic heterocycles. The van der Waals surface area contributed by atoms with Gasteiger partial charge in [-0.2, -0.15) is 0 Å². The average molecular weight is 480 g/mol. The van der Waals surface area contributed by atoms with Crippen LogP contribution in [0.25, 0.3) is 0 Å². The van der Waals surface area contributed by atoms with E-state index in [4.69, 9.17) is 18.9 Å². The molecule has 7 bridgehead atoms. The van der Waals surface area contributed by atoms with Crippen LogP contribution in [0.2, 0.25) is 0 Å². The Hall–Kier alpha value is -0.770. The number of likely N-dealkylation sites (tertiary alicyclic amines) is 1. The van der Waals surface area contributed by atoms with Crippen molar-refractivity contribution in [2.24, 2.45) is 40.4 Å². The predicted octanol–water partition coefficient (Wildman–Crippen LogP) is 1.07. The number of rotatable bonds is 6. The lowest BCUT2D eigenvalue weighted by Crippen LogP contribution is -2.76. The first-order valence-electron chi connectivity index (χ1n) is 13.1. The highest BCUT2D eigenvalue weighted by Crippen LogP contribution is 2.79. The Morgan fingerprint density at radius 2 is 1.91 bits per heavy atom. The van der Waals surface area contributed by atoms with Crippen molar-refractivity contribution >= 4 is 5.97 Å². The molecular weight excluding hydrogens is 438 g/mol. The van der Waals surface area contributed by atoms with Crippen molar-refractivity contribution in [3.05, 3.63) is 0 Å². The summed E-state index contributed by atoms with van der Waals surface area (Å²) in [6.07, 6.45) is 1.46. The molecule has 5 aliphatic carbocycles. The quantitative estimate of drug-likeness (QED) is 0.546. The van der Waals surface area contributed by atoms with E-state index in [9.17, 15) is 15.0 Å². The summed E-state index contributed by atoms with van der Waals surface area (Å²) < 4.78 is 24.6. The number of carbonyl (C=O) groups excluding carboxylic acids is 1. The number of esters is 1. The van der Waals surface area contributed by atoms with Crippen LogP contribution in [-0.4, -0.2) is 98.2 Å². The molecule has 0 aromatic rings. The number of hydrogen-bond acceptors (Lipinski definition) is 8. The summed E-state index contributed by atoms with van der Waals surface area (Å²) in [5.74, 6) is -0.593. The lowest BCUT2D eigenvalue weighted by molar-refractivity contribution is -0.277. The molecule has 6 fully saturated rings. The molecule has 0 aromatic heterocycles. The largest absolute Gasteiger partial charge is 0.458 e. The van der Waals surface area contributed by atoms with Crippen molar-refractivity contribution in [1.82, 2.24) is 4.90 Å². The molecule has 6 aliphatic rings. The average Bonchev–Trinajstić information content (AvgIpc) is 3.20. The van der Waals surface area contributed by atoms with Gasteiger partial charge in [-0.25, -0.2) is 0 Å². The number of nitrogens with zero attached hydrogens (tertiary/aromatic N) is 1. The van der Waals surface area contributed by atoms with Crippen molar-refractivity contribution in [3.63, 3.8) is 0 Å². The van der Waals surface area contributed by atoms with Crippen LogP contribution in [0.15, 0.2) is 0 Å². The maximum Gasteiger partial charge on any atom is 0.303 e. The number of piperidine rings is 1. The molecule has 0 amide bonds. The van der Waals surface area contributed by atoms with Crippen LogP contribution in [0.5, 0.6) is 0 Å². The van der Waals surface area contributed by atoms with Gasteiger partial charge in [-0.15, -0.1) is 0 Å². The summed E-state index contributed by atoms with van der Waals surface area (Å²) in [6, 6.07) is 0.0230. The van der Waals surface area contributed by atoms with E-state index >= 15 is 0 Å². The van der Waals surface area contributed by atoms with E-state index in [1.165, 1.54) is 6.92 Å². The minimum absolute atomic E-state index is 0.0137. The Labute approximate surface area is 202 Å². The summed E-state index contributed by atoms with van der Waals surface area (Å²) in [5, 5.41) is 23.7. The Kier molecular flexibility index (Phi) is 5.29. The molecule has 34 heavy (non-hydrogen) atoms. The smallest absolute Gasteiger partial charge is 0.303 e. The number of carbonyl (C=O) groups is 1. The van der Waals surface area contributed by atoms with Crippen molar-refractivity contribution in [1.29, 1.82) is 0 Å². The number of aliphatic hydroxyl groups is 2. The molecule has 6 rings (SSSR count). The van der Waals surface area contributed by atoms with Gasteiger partial charge in [0.05, 0.1) is 31.0 Å². The van der Waals surface area contributed by atoms with Gasteiger partial charge < -0.3 is 29.2 Å². The molecule has 13 atom stereocenters. The summed E-state index contributed by atoms with van der Waals surface area (Å²) in [4.78, 5) is 15.2. The van der Waals surface area contributed by atoms with Gasteiger partial charge in [0, 0.05) is 81.8 Å². The van der Waals surface area contributed by atoms with Crippen LogP contribution in [0.1, 0.15) is 39.5 Å². The monoisotopic (exact) mass is 479 g/mol. The summed E-state index contributed by atoms with van der Waals surface area (Å²) in [6.45, 7) is 6.02. The summed E-state index contributed by atoms with van der Waals surface area (Å²) in [5.41, 5.74) is -1.45. The fraction of sp³-hybridized carbons (Fsp3) is 0.962. The Morgan fingerprint density at radius 3 is 2.53 bits per heavy atom. The van der Waals surface area contributed by atoms with Gasteiger partial charge >= 0.3 is 5.97 Å². The zero-order valence-corrected chi connectivity index (χ0v) is 21.1. The topological polar surface area (TPSA) is 97.7 Å². The molecule has 1 saturated heterocycles. The standard InChI is InChI=1S/C26H41NO7/c1-6-27-11-24(12-31-3)8-7-17(29)26-15-9-14-16(32-4)10-25(34-13(2)28,18(15)20(14)30)19(23(26)27)21(33-5)22(24)26/h14-23,29-30H,6-12H2,1-5H3/t14-,15-,16+,17+,18-,19+,20+,21+,22-,23-,24+,25-,26+/m1/s1. The number of ether oxygens (including phenoxy) is 4. The zero-order chi connectivity index (χ0) is 24.2. The fourth-order valence-electron chi connectivity index (χ4n) is 11.1. The van der Waals surface area contributed by atoms with Gasteiger partial charge in [0.2, 0.25) is 0 Å². The van der Waals surface area contributed by atoms with E-state index < -0.39 is 23.2 Å². The molecule has 8 heteroatoms. The second-order valence-corrected chi connectivity index (χ2v) is 12.1. The normalized spacial score (nSPS) is 57.0. The van der Waals surface area contributed by atoms with Crippen molar-refractivity contribution in [2.45, 2.75) is 75.6 Å². The molecule has 8 nitrogen and oxygen atoms in total. The first-order valence-corrected chi connectivity index (χ1v) is 13.1. The lowest BCUT2D eigenvalue weighted by Gasteiger charge is -2.69. The molecule has 0 aromatic carbocycles.